The number of hydrogen-bond donors (Lipinski definition) is 1. The van der Waals surface area contributed by atoms with E-state index in [-0.39, 0.29) is 17.0 Å². The Balaban J connectivity index is 2.50. The number of hydrogen-bond acceptors (Lipinski definition) is 3. The van der Waals surface area contributed by atoms with Crippen molar-refractivity contribution >= 4 is 11.9 Å². The molecule has 0 aromatic carbocycles. The number of pyridine rings is 1. The van der Waals surface area contributed by atoms with Crippen molar-refractivity contribution in [3.05, 3.63) is 33.2 Å². The fraction of sp³-hybridized carbons (Fsp3) is 0.720. The van der Waals surface area contributed by atoms with E-state index >= 15 is 0 Å². The largest absolute Gasteiger partial charge is 0.480 e. The molecule has 1 amide bonds. The third-order valence-corrected chi connectivity index (χ3v) is 6.52. The van der Waals surface area contributed by atoms with Crippen molar-refractivity contribution in [2.75, 3.05) is 7.05 Å². The Morgan fingerprint density at radius 1 is 1.19 bits per heavy atom. The van der Waals surface area contributed by atoms with Crippen molar-refractivity contribution in [3.8, 4) is 0 Å². The number of rotatable bonds is 10. The van der Waals surface area contributed by atoms with E-state index in [0.29, 0.717) is 18.9 Å². The fourth-order valence-corrected chi connectivity index (χ4v) is 4.78. The Morgan fingerprint density at radius 3 is 2.35 bits per heavy atom. The zero-order valence-electron chi connectivity index (χ0n) is 19.9. The summed E-state index contributed by atoms with van der Waals surface area (Å²) >= 11 is 0. The number of aromatic nitrogens is 1. The van der Waals surface area contributed by atoms with Crippen LogP contribution in [0.1, 0.15) is 94.3 Å². The lowest BCUT2D eigenvalue weighted by Crippen LogP contribution is -2.45. The van der Waals surface area contributed by atoms with Gasteiger partial charge in [-0.3, -0.25) is 9.59 Å². The minimum absolute atomic E-state index is 0.102. The number of carbonyl (C=O) groups excluding carboxylic acids is 1. The van der Waals surface area contributed by atoms with Crippen molar-refractivity contribution in [2.24, 2.45) is 11.8 Å². The first-order valence-electron chi connectivity index (χ1n) is 12.0. The van der Waals surface area contributed by atoms with E-state index in [4.69, 9.17) is 0 Å². The highest BCUT2D eigenvalue weighted by atomic mass is 16.4. The highest BCUT2D eigenvalue weighted by Gasteiger charge is 2.30. The monoisotopic (exact) mass is 432 g/mol. The van der Waals surface area contributed by atoms with Crippen molar-refractivity contribution in [1.29, 1.82) is 0 Å². The number of amides is 1. The first-order valence-corrected chi connectivity index (χ1v) is 12.0. The minimum atomic E-state index is -1.04. The quantitative estimate of drug-likeness (QED) is 0.590. The van der Waals surface area contributed by atoms with Gasteiger partial charge in [0.1, 0.15) is 11.6 Å². The van der Waals surface area contributed by atoms with Crippen LogP contribution in [0.25, 0.3) is 0 Å². The van der Waals surface area contributed by atoms with Gasteiger partial charge in [-0.15, -0.1) is 0 Å². The summed E-state index contributed by atoms with van der Waals surface area (Å²) in [4.78, 5) is 39.9. The SMILES string of the molecule is CCCc1c(CC)cc(C(=O)N(C)[C@@H](CC(C)C)C(=O)O)c(=O)n1CC1CCCCC1. The molecule has 1 atom stereocenters. The molecule has 0 saturated heterocycles. The second kappa shape index (κ2) is 11.5. The van der Waals surface area contributed by atoms with Crippen molar-refractivity contribution in [1.82, 2.24) is 9.47 Å². The standard InChI is InChI=1S/C25H40N2O4/c1-6-11-21-19(7-2)15-20(23(28)26(5)22(25(30)31)14-17(3)4)24(29)27(21)16-18-12-9-8-10-13-18/h15,17-18,22H,6-14,16H2,1-5H3,(H,30,31)/t22-/m0/s1. The van der Waals surface area contributed by atoms with E-state index in [2.05, 4.69) is 6.92 Å². The van der Waals surface area contributed by atoms with Gasteiger partial charge in [-0.1, -0.05) is 53.4 Å². The molecule has 1 N–H and O–H groups in total. The van der Waals surface area contributed by atoms with Crippen molar-refractivity contribution in [3.63, 3.8) is 0 Å². The summed E-state index contributed by atoms with van der Waals surface area (Å²) in [5.74, 6) is -0.946. The average Bonchev–Trinajstić information content (AvgIpc) is 2.74. The second-order valence-electron chi connectivity index (χ2n) is 9.45. The van der Waals surface area contributed by atoms with Gasteiger partial charge in [-0.25, -0.2) is 4.79 Å². The topological polar surface area (TPSA) is 79.6 Å². The summed E-state index contributed by atoms with van der Waals surface area (Å²) < 4.78 is 1.84. The molecule has 0 radical (unpaired) electrons. The van der Waals surface area contributed by atoms with Gasteiger partial charge in [-0.2, -0.15) is 0 Å². The lowest BCUT2D eigenvalue weighted by Gasteiger charge is -2.28. The lowest BCUT2D eigenvalue weighted by molar-refractivity contribution is -0.142. The molecule has 6 nitrogen and oxygen atoms in total. The second-order valence-corrected chi connectivity index (χ2v) is 9.45. The number of carboxylic acids is 1. The summed E-state index contributed by atoms with van der Waals surface area (Å²) in [6, 6.07) is 0.775. The molecule has 174 valence electrons. The van der Waals surface area contributed by atoms with Crippen molar-refractivity contribution in [2.45, 2.75) is 98.1 Å². The number of aryl methyl sites for hydroxylation is 1. The lowest BCUT2D eigenvalue weighted by atomic mass is 9.89. The summed E-state index contributed by atoms with van der Waals surface area (Å²) in [5.41, 5.74) is 1.89. The van der Waals surface area contributed by atoms with Crippen LogP contribution in [0.2, 0.25) is 0 Å². The van der Waals surface area contributed by atoms with E-state index in [1.165, 1.54) is 31.2 Å². The van der Waals surface area contributed by atoms with Crippen LogP contribution in [0, 0.1) is 11.8 Å². The summed E-state index contributed by atoms with van der Waals surface area (Å²) in [6.07, 6.45) is 8.70. The molecule has 31 heavy (non-hydrogen) atoms. The highest BCUT2D eigenvalue weighted by molar-refractivity contribution is 5.96. The average molecular weight is 433 g/mol. The molecule has 0 bridgehead atoms. The maximum atomic E-state index is 13.5. The van der Waals surface area contributed by atoms with Gasteiger partial charge in [0.2, 0.25) is 0 Å². The number of carbonyl (C=O) groups is 2. The Morgan fingerprint density at radius 2 is 1.84 bits per heavy atom. The van der Waals surface area contributed by atoms with E-state index in [9.17, 15) is 19.5 Å². The Bertz CT molecular complexity index is 822. The van der Waals surface area contributed by atoms with Gasteiger partial charge in [0.25, 0.3) is 11.5 Å². The Kier molecular flexibility index (Phi) is 9.32. The predicted molar refractivity (Wildman–Crippen MR) is 124 cm³/mol. The van der Waals surface area contributed by atoms with E-state index in [1.54, 1.807) is 6.07 Å². The third kappa shape index (κ3) is 6.20. The molecule has 2 rings (SSSR count). The van der Waals surface area contributed by atoms with Gasteiger partial charge < -0.3 is 14.6 Å². The first-order chi connectivity index (χ1) is 14.7. The Labute approximate surface area is 186 Å². The van der Waals surface area contributed by atoms with Gasteiger partial charge in [0.15, 0.2) is 0 Å². The molecule has 6 heteroatoms. The van der Waals surface area contributed by atoms with E-state index in [0.717, 1.165) is 43.4 Å². The van der Waals surface area contributed by atoms with Gasteiger partial charge in [0.05, 0.1) is 0 Å². The molecule has 1 aliphatic rings. The Hall–Kier alpha value is -2.11. The highest BCUT2D eigenvalue weighted by Crippen LogP contribution is 2.26. The molecule has 1 fully saturated rings. The molecule has 0 aliphatic heterocycles. The van der Waals surface area contributed by atoms with Crippen LogP contribution < -0.4 is 5.56 Å². The van der Waals surface area contributed by atoms with Crippen LogP contribution in [-0.4, -0.2) is 39.5 Å². The van der Waals surface area contributed by atoms with Crippen LogP contribution in [-0.2, 0) is 24.2 Å². The first kappa shape index (κ1) is 25.2. The van der Waals surface area contributed by atoms with E-state index in [1.807, 2.05) is 25.3 Å². The zero-order chi connectivity index (χ0) is 23.1. The summed E-state index contributed by atoms with van der Waals surface area (Å²) in [6.45, 7) is 8.66. The van der Waals surface area contributed by atoms with Crippen LogP contribution in [0.15, 0.2) is 10.9 Å². The molecular formula is C25H40N2O4. The van der Waals surface area contributed by atoms with Gasteiger partial charge in [-0.05, 0) is 55.6 Å². The molecule has 1 saturated carbocycles. The maximum Gasteiger partial charge on any atom is 0.326 e. The molecule has 1 aromatic rings. The minimum Gasteiger partial charge on any atom is -0.480 e. The van der Waals surface area contributed by atoms with Crippen LogP contribution in [0.5, 0.6) is 0 Å². The van der Waals surface area contributed by atoms with Gasteiger partial charge >= 0.3 is 5.97 Å². The smallest absolute Gasteiger partial charge is 0.326 e. The zero-order valence-corrected chi connectivity index (χ0v) is 19.9. The normalized spacial score (nSPS) is 15.8. The number of nitrogens with zero attached hydrogens (tertiary/aromatic N) is 2. The predicted octanol–water partition coefficient (Wildman–Crippen LogP) is 4.51. The van der Waals surface area contributed by atoms with Crippen molar-refractivity contribution < 1.29 is 14.7 Å². The number of carboxylic acid groups (broad SMARTS) is 1. The van der Waals surface area contributed by atoms with Gasteiger partial charge in [0, 0.05) is 19.3 Å². The van der Waals surface area contributed by atoms with Crippen LogP contribution in [0.4, 0.5) is 0 Å². The fourth-order valence-electron chi connectivity index (χ4n) is 4.78. The number of likely N-dealkylation sites (N-methyl/N-ethyl adjacent to an activating group) is 1. The van der Waals surface area contributed by atoms with E-state index < -0.39 is 17.9 Å². The molecule has 1 heterocycles. The molecule has 0 spiro atoms. The molecular weight excluding hydrogens is 392 g/mol. The molecule has 1 aromatic heterocycles. The molecule has 1 aliphatic carbocycles. The maximum absolute atomic E-state index is 13.5. The summed E-state index contributed by atoms with van der Waals surface area (Å²) in [5, 5.41) is 9.67. The van der Waals surface area contributed by atoms with Crippen LogP contribution in [0.3, 0.4) is 0 Å². The summed E-state index contributed by atoms with van der Waals surface area (Å²) in [7, 11) is 1.50. The van der Waals surface area contributed by atoms with Crippen LogP contribution >= 0.6 is 0 Å². The molecule has 0 unspecified atom stereocenters. The third-order valence-electron chi connectivity index (χ3n) is 6.52. The number of aliphatic carboxylic acids is 1.